The molecule has 0 aliphatic rings. The Morgan fingerprint density at radius 1 is 1.05 bits per heavy atom. The zero-order chi connectivity index (χ0) is 14.6. The lowest BCUT2D eigenvalue weighted by Crippen LogP contribution is -2.28. The zero-order valence-electron chi connectivity index (χ0n) is 12.4. The number of hydrogen-bond acceptors (Lipinski definition) is 5. The summed E-state index contributed by atoms with van der Waals surface area (Å²) in [7, 11) is -3.06. The summed E-state index contributed by atoms with van der Waals surface area (Å²) in [6, 6.07) is 2.12. The van der Waals surface area contributed by atoms with Crippen LogP contribution in [-0.2, 0) is 13.6 Å². The lowest BCUT2D eigenvalue weighted by molar-refractivity contribution is 0.184. The van der Waals surface area contributed by atoms with E-state index in [1.165, 1.54) is 0 Å². The normalized spacial score (nSPS) is 11.7. The van der Waals surface area contributed by atoms with Crippen molar-refractivity contribution in [1.82, 2.24) is 4.90 Å². The Hall–Kier alpha value is -0.400. The van der Waals surface area contributed by atoms with Gasteiger partial charge in [0.1, 0.15) is 6.29 Å². The van der Waals surface area contributed by atoms with Crippen LogP contribution in [0.15, 0.2) is 0 Å². The zero-order valence-corrected chi connectivity index (χ0v) is 13.3. The van der Waals surface area contributed by atoms with Crippen molar-refractivity contribution in [3.05, 3.63) is 0 Å². The first-order chi connectivity index (χ1) is 9.11. The highest BCUT2D eigenvalue weighted by Gasteiger charge is 2.27. The molecule has 5 nitrogen and oxygen atoms in total. The molecule has 0 fully saturated rings. The van der Waals surface area contributed by atoms with Gasteiger partial charge in [-0.25, -0.2) is 0 Å². The SMILES string of the molecule is CCCOP(=O)(CN(CCC)CCC#N)OCCC. The van der Waals surface area contributed by atoms with Gasteiger partial charge in [-0.2, -0.15) is 5.26 Å². The van der Waals surface area contributed by atoms with Gasteiger partial charge in [0.2, 0.25) is 0 Å². The van der Waals surface area contributed by atoms with Gasteiger partial charge in [-0.05, 0) is 25.8 Å². The quantitative estimate of drug-likeness (QED) is 0.514. The van der Waals surface area contributed by atoms with Crippen LogP contribution in [0.25, 0.3) is 0 Å². The summed E-state index contributed by atoms with van der Waals surface area (Å²) in [6.07, 6.45) is 3.29. The molecule has 0 bridgehead atoms. The molecule has 0 unspecified atom stereocenters. The number of hydrogen-bond donors (Lipinski definition) is 0. The minimum absolute atomic E-state index is 0.280. The van der Waals surface area contributed by atoms with Crippen LogP contribution in [-0.4, -0.2) is 37.5 Å². The van der Waals surface area contributed by atoms with Gasteiger partial charge in [-0.15, -0.1) is 0 Å². The van der Waals surface area contributed by atoms with E-state index in [0.717, 1.165) is 25.8 Å². The largest absolute Gasteiger partial charge is 0.344 e. The molecule has 0 saturated heterocycles. The molecule has 0 aliphatic heterocycles. The van der Waals surface area contributed by atoms with Gasteiger partial charge >= 0.3 is 7.60 Å². The number of nitrogens with zero attached hydrogens (tertiary/aromatic N) is 2. The predicted octanol–water partition coefficient (Wildman–Crippen LogP) is 3.62. The Labute approximate surface area is 117 Å². The summed E-state index contributed by atoms with van der Waals surface area (Å²) in [4.78, 5) is 2.00. The Kier molecular flexibility index (Phi) is 11.2. The Bertz CT molecular complexity index is 293. The molecule has 0 aliphatic carbocycles. The maximum absolute atomic E-state index is 12.6. The predicted molar refractivity (Wildman–Crippen MR) is 77.1 cm³/mol. The fraction of sp³-hybridized carbons (Fsp3) is 0.923. The third kappa shape index (κ3) is 9.18. The first kappa shape index (κ1) is 18.6. The molecule has 0 N–H and O–H groups in total. The van der Waals surface area contributed by atoms with Crippen molar-refractivity contribution in [3.63, 3.8) is 0 Å². The first-order valence-corrected chi connectivity index (χ1v) is 8.82. The number of rotatable bonds is 12. The van der Waals surface area contributed by atoms with Crippen LogP contribution in [0.1, 0.15) is 46.5 Å². The number of nitriles is 1. The molecular weight excluding hydrogens is 263 g/mol. The van der Waals surface area contributed by atoms with Crippen molar-refractivity contribution in [2.75, 3.05) is 32.6 Å². The summed E-state index contributed by atoms with van der Waals surface area (Å²) in [6.45, 7) is 8.31. The van der Waals surface area contributed by atoms with E-state index in [1.807, 2.05) is 18.7 Å². The van der Waals surface area contributed by atoms with Gasteiger partial charge in [0.25, 0.3) is 0 Å². The van der Waals surface area contributed by atoms with Crippen LogP contribution < -0.4 is 0 Å². The lowest BCUT2D eigenvalue weighted by Gasteiger charge is -2.26. The molecule has 0 atom stereocenters. The van der Waals surface area contributed by atoms with E-state index in [9.17, 15) is 4.57 Å². The second-order valence-electron chi connectivity index (χ2n) is 4.44. The van der Waals surface area contributed by atoms with Crippen LogP contribution in [0.5, 0.6) is 0 Å². The molecule has 0 rings (SSSR count). The molecule has 19 heavy (non-hydrogen) atoms. The first-order valence-electron chi connectivity index (χ1n) is 7.09. The molecule has 0 amide bonds. The molecule has 0 heterocycles. The Morgan fingerprint density at radius 3 is 2.05 bits per heavy atom. The van der Waals surface area contributed by atoms with Crippen LogP contribution in [0.3, 0.4) is 0 Å². The molecule has 0 spiro atoms. The third-order valence-corrected chi connectivity index (χ3v) is 4.34. The fourth-order valence-corrected chi connectivity index (χ4v) is 3.53. The van der Waals surface area contributed by atoms with E-state index in [0.29, 0.717) is 26.2 Å². The van der Waals surface area contributed by atoms with Crippen molar-refractivity contribution in [1.29, 1.82) is 5.26 Å². The summed E-state index contributed by atoms with van der Waals surface area (Å²) in [5.74, 6) is 0. The second kappa shape index (κ2) is 11.4. The van der Waals surface area contributed by atoms with Crippen molar-refractivity contribution in [2.24, 2.45) is 0 Å². The van der Waals surface area contributed by atoms with Gasteiger partial charge in [-0.3, -0.25) is 9.46 Å². The average molecular weight is 290 g/mol. The Balaban J connectivity index is 4.54. The van der Waals surface area contributed by atoms with Gasteiger partial charge in [-0.1, -0.05) is 20.8 Å². The van der Waals surface area contributed by atoms with Gasteiger partial charge in [0.15, 0.2) is 0 Å². The smallest absolute Gasteiger partial charge is 0.308 e. The maximum atomic E-state index is 12.6. The van der Waals surface area contributed by atoms with E-state index in [1.54, 1.807) is 0 Å². The Morgan fingerprint density at radius 2 is 1.63 bits per heavy atom. The van der Waals surface area contributed by atoms with Crippen molar-refractivity contribution >= 4 is 7.60 Å². The summed E-state index contributed by atoms with van der Waals surface area (Å²) in [5.41, 5.74) is 0. The minimum atomic E-state index is -3.06. The topological polar surface area (TPSA) is 62.6 Å². The molecule has 0 saturated carbocycles. The fourth-order valence-electron chi connectivity index (χ4n) is 1.60. The monoisotopic (exact) mass is 290 g/mol. The standard InChI is InChI=1S/C13H27N2O3P/c1-4-9-15(10-7-8-14)13-19(16,17-11-5-2)18-12-6-3/h4-7,9-13H2,1-3H3. The second-order valence-corrected chi connectivity index (χ2v) is 6.47. The van der Waals surface area contributed by atoms with Crippen LogP contribution in [0.2, 0.25) is 0 Å². The average Bonchev–Trinajstić information content (AvgIpc) is 2.41. The summed E-state index contributed by atoms with van der Waals surface area (Å²) in [5, 5.41) is 8.66. The van der Waals surface area contributed by atoms with Crippen molar-refractivity contribution in [2.45, 2.75) is 46.5 Å². The maximum Gasteiger partial charge on any atom is 0.344 e. The molecule has 0 radical (unpaired) electrons. The molecule has 112 valence electrons. The molecule has 0 aromatic carbocycles. The minimum Gasteiger partial charge on any atom is -0.308 e. The van der Waals surface area contributed by atoms with Crippen LogP contribution in [0.4, 0.5) is 0 Å². The van der Waals surface area contributed by atoms with Gasteiger partial charge < -0.3 is 9.05 Å². The highest BCUT2D eigenvalue weighted by atomic mass is 31.2. The highest BCUT2D eigenvalue weighted by Crippen LogP contribution is 2.48. The summed E-state index contributed by atoms with van der Waals surface area (Å²) < 4.78 is 23.5. The summed E-state index contributed by atoms with van der Waals surface area (Å²) >= 11 is 0. The molecule has 6 heteroatoms. The highest BCUT2D eigenvalue weighted by molar-refractivity contribution is 7.53. The molecular formula is C13H27N2O3P. The van der Waals surface area contributed by atoms with E-state index in [4.69, 9.17) is 14.3 Å². The van der Waals surface area contributed by atoms with E-state index in [-0.39, 0.29) is 6.29 Å². The third-order valence-electron chi connectivity index (χ3n) is 2.44. The van der Waals surface area contributed by atoms with Crippen LogP contribution >= 0.6 is 7.60 Å². The molecule has 0 aromatic heterocycles. The van der Waals surface area contributed by atoms with E-state index in [2.05, 4.69) is 13.0 Å². The van der Waals surface area contributed by atoms with Gasteiger partial charge in [0, 0.05) is 13.0 Å². The van der Waals surface area contributed by atoms with Gasteiger partial charge in [0.05, 0.1) is 19.3 Å². The molecule has 0 aromatic rings. The van der Waals surface area contributed by atoms with Crippen molar-refractivity contribution in [3.8, 4) is 6.07 Å². The van der Waals surface area contributed by atoms with E-state index < -0.39 is 7.60 Å². The van der Waals surface area contributed by atoms with Crippen molar-refractivity contribution < 1.29 is 13.6 Å². The van der Waals surface area contributed by atoms with E-state index >= 15 is 0 Å². The lowest BCUT2D eigenvalue weighted by atomic mass is 10.4. The van der Waals surface area contributed by atoms with Crippen LogP contribution in [0, 0.1) is 11.3 Å².